The lowest BCUT2D eigenvalue weighted by Crippen LogP contribution is -2.55. The highest BCUT2D eigenvalue weighted by Gasteiger charge is 2.33. The molecule has 14 heavy (non-hydrogen) atoms. The lowest BCUT2D eigenvalue weighted by atomic mass is 9.93. The Balaban J connectivity index is 2.23. The first kappa shape index (κ1) is 11.5. The summed E-state index contributed by atoms with van der Waals surface area (Å²) in [6, 6.07) is 0.380. The SMILES string of the molecule is COC(C)C(C)N1CC(CC(=O)O)C1. The van der Waals surface area contributed by atoms with E-state index in [4.69, 9.17) is 9.84 Å². The van der Waals surface area contributed by atoms with E-state index in [1.54, 1.807) is 7.11 Å². The maximum absolute atomic E-state index is 10.4. The number of hydrogen-bond acceptors (Lipinski definition) is 3. The molecule has 1 rings (SSSR count). The molecule has 2 atom stereocenters. The summed E-state index contributed by atoms with van der Waals surface area (Å²) in [7, 11) is 1.70. The lowest BCUT2D eigenvalue weighted by molar-refractivity contribution is -0.140. The Hall–Kier alpha value is -0.610. The first-order valence-electron chi connectivity index (χ1n) is 5.03. The normalized spacial score (nSPS) is 22.8. The van der Waals surface area contributed by atoms with Gasteiger partial charge in [-0.2, -0.15) is 0 Å². The molecule has 0 amide bonds. The van der Waals surface area contributed by atoms with Crippen molar-refractivity contribution in [2.45, 2.75) is 32.4 Å². The van der Waals surface area contributed by atoms with Crippen molar-refractivity contribution in [3.8, 4) is 0 Å². The summed E-state index contributed by atoms with van der Waals surface area (Å²) in [4.78, 5) is 12.7. The minimum atomic E-state index is -0.693. The molecule has 0 aliphatic carbocycles. The van der Waals surface area contributed by atoms with Crippen LogP contribution in [0.25, 0.3) is 0 Å². The third-order valence-electron chi connectivity index (χ3n) is 3.08. The van der Waals surface area contributed by atoms with Gasteiger partial charge in [-0.05, 0) is 19.8 Å². The van der Waals surface area contributed by atoms with Crippen LogP contribution in [-0.2, 0) is 9.53 Å². The van der Waals surface area contributed by atoms with Crippen LogP contribution in [0.1, 0.15) is 20.3 Å². The molecule has 0 radical (unpaired) electrons. The maximum atomic E-state index is 10.4. The summed E-state index contributed by atoms with van der Waals surface area (Å²) in [5, 5.41) is 8.59. The van der Waals surface area contributed by atoms with Crippen LogP contribution in [0.5, 0.6) is 0 Å². The summed E-state index contributed by atoms with van der Waals surface area (Å²) in [5.41, 5.74) is 0. The highest BCUT2D eigenvalue weighted by molar-refractivity contribution is 5.67. The summed E-state index contributed by atoms with van der Waals surface area (Å²) in [6.45, 7) is 5.93. The Bertz CT molecular complexity index is 202. The first-order chi connectivity index (χ1) is 6.54. The second-order valence-corrected chi connectivity index (χ2v) is 4.10. The molecule has 0 bridgehead atoms. The number of ether oxygens (including phenoxy) is 1. The van der Waals surface area contributed by atoms with Crippen molar-refractivity contribution >= 4 is 5.97 Å². The van der Waals surface area contributed by atoms with Crippen molar-refractivity contribution in [1.82, 2.24) is 4.90 Å². The van der Waals surface area contributed by atoms with E-state index in [-0.39, 0.29) is 6.10 Å². The second kappa shape index (κ2) is 4.75. The van der Waals surface area contributed by atoms with Crippen molar-refractivity contribution < 1.29 is 14.6 Å². The Morgan fingerprint density at radius 1 is 1.57 bits per heavy atom. The Kier molecular flexibility index (Phi) is 3.89. The lowest BCUT2D eigenvalue weighted by Gasteiger charge is -2.44. The van der Waals surface area contributed by atoms with Crippen molar-refractivity contribution in [2.24, 2.45) is 5.92 Å². The van der Waals surface area contributed by atoms with Gasteiger partial charge in [-0.15, -0.1) is 0 Å². The number of carboxylic acids is 1. The predicted molar refractivity (Wildman–Crippen MR) is 53.2 cm³/mol. The standard InChI is InChI=1S/C10H19NO3/c1-7(8(2)14-3)11-5-9(6-11)4-10(12)13/h7-9H,4-6H2,1-3H3,(H,12,13). The fourth-order valence-corrected chi connectivity index (χ4v) is 1.81. The van der Waals surface area contributed by atoms with Crippen LogP contribution in [0, 0.1) is 5.92 Å². The minimum absolute atomic E-state index is 0.209. The summed E-state index contributed by atoms with van der Waals surface area (Å²) >= 11 is 0. The number of methoxy groups -OCH3 is 1. The first-order valence-corrected chi connectivity index (χ1v) is 5.03. The van der Waals surface area contributed by atoms with Crippen molar-refractivity contribution in [2.75, 3.05) is 20.2 Å². The van der Waals surface area contributed by atoms with E-state index < -0.39 is 5.97 Å². The van der Waals surface area contributed by atoms with Crippen molar-refractivity contribution in [3.05, 3.63) is 0 Å². The van der Waals surface area contributed by atoms with Gasteiger partial charge in [0.15, 0.2) is 0 Å². The minimum Gasteiger partial charge on any atom is -0.481 e. The zero-order valence-electron chi connectivity index (χ0n) is 9.06. The van der Waals surface area contributed by atoms with Crippen LogP contribution in [0.4, 0.5) is 0 Å². The Morgan fingerprint density at radius 3 is 2.57 bits per heavy atom. The van der Waals surface area contributed by atoms with Crippen LogP contribution in [0.15, 0.2) is 0 Å². The Labute approximate surface area is 84.8 Å². The van der Waals surface area contributed by atoms with Crippen LogP contribution >= 0.6 is 0 Å². The van der Waals surface area contributed by atoms with Gasteiger partial charge in [0, 0.05) is 26.2 Å². The number of carbonyl (C=O) groups is 1. The van der Waals surface area contributed by atoms with Crippen LogP contribution in [0.3, 0.4) is 0 Å². The zero-order valence-corrected chi connectivity index (χ0v) is 9.06. The van der Waals surface area contributed by atoms with Gasteiger partial charge in [-0.25, -0.2) is 0 Å². The number of rotatable bonds is 5. The van der Waals surface area contributed by atoms with E-state index in [9.17, 15) is 4.79 Å². The van der Waals surface area contributed by atoms with E-state index in [1.165, 1.54) is 0 Å². The largest absolute Gasteiger partial charge is 0.481 e. The molecule has 0 saturated carbocycles. The molecule has 1 fully saturated rings. The van der Waals surface area contributed by atoms with E-state index in [2.05, 4.69) is 11.8 Å². The third kappa shape index (κ3) is 2.69. The fourth-order valence-electron chi connectivity index (χ4n) is 1.81. The molecule has 1 heterocycles. The van der Waals surface area contributed by atoms with Crippen LogP contribution in [-0.4, -0.2) is 48.3 Å². The zero-order chi connectivity index (χ0) is 10.7. The van der Waals surface area contributed by atoms with Crippen molar-refractivity contribution in [1.29, 1.82) is 0 Å². The molecule has 0 aromatic carbocycles. The number of nitrogens with zero attached hydrogens (tertiary/aromatic N) is 1. The molecule has 0 aromatic rings. The van der Waals surface area contributed by atoms with E-state index >= 15 is 0 Å². The summed E-state index contributed by atoms with van der Waals surface area (Å²) in [6.07, 6.45) is 0.505. The van der Waals surface area contributed by atoms with Gasteiger partial charge in [-0.1, -0.05) is 0 Å². The van der Waals surface area contributed by atoms with E-state index in [1.807, 2.05) is 6.92 Å². The number of aliphatic carboxylic acids is 1. The molecule has 1 aliphatic rings. The number of likely N-dealkylation sites (tertiary alicyclic amines) is 1. The molecule has 2 unspecified atom stereocenters. The van der Waals surface area contributed by atoms with Gasteiger partial charge in [0.25, 0.3) is 0 Å². The predicted octanol–water partition coefficient (Wildman–Crippen LogP) is 0.816. The van der Waals surface area contributed by atoms with E-state index in [0.29, 0.717) is 18.4 Å². The summed E-state index contributed by atoms with van der Waals surface area (Å²) in [5.74, 6) is -0.360. The van der Waals surface area contributed by atoms with Gasteiger partial charge >= 0.3 is 5.97 Å². The smallest absolute Gasteiger partial charge is 0.303 e. The molecule has 0 aromatic heterocycles. The molecule has 1 aliphatic heterocycles. The highest BCUT2D eigenvalue weighted by atomic mass is 16.5. The summed E-state index contributed by atoms with van der Waals surface area (Å²) < 4.78 is 5.23. The molecular formula is C10H19NO3. The topological polar surface area (TPSA) is 49.8 Å². The second-order valence-electron chi connectivity index (χ2n) is 4.10. The molecule has 4 heteroatoms. The van der Waals surface area contributed by atoms with Gasteiger partial charge in [0.05, 0.1) is 12.5 Å². The molecule has 1 N–H and O–H groups in total. The molecule has 82 valence electrons. The number of hydrogen-bond donors (Lipinski definition) is 1. The van der Waals surface area contributed by atoms with Crippen molar-refractivity contribution in [3.63, 3.8) is 0 Å². The quantitative estimate of drug-likeness (QED) is 0.715. The van der Waals surface area contributed by atoms with Crippen LogP contribution < -0.4 is 0 Å². The molecule has 0 spiro atoms. The number of carboxylic acid groups (broad SMARTS) is 1. The average molecular weight is 201 g/mol. The maximum Gasteiger partial charge on any atom is 0.303 e. The fraction of sp³-hybridized carbons (Fsp3) is 0.900. The molecule has 1 saturated heterocycles. The van der Waals surface area contributed by atoms with Crippen LogP contribution in [0.2, 0.25) is 0 Å². The molecular weight excluding hydrogens is 182 g/mol. The monoisotopic (exact) mass is 201 g/mol. The highest BCUT2D eigenvalue weighted by Crippen LogP contribution is 2.23. The van der Waals surface area contributed by atoms with Gasteiger partial charge in [0.2, 0.25) is 0 Å². The average Bonchev–Trinajstić information content (AvgIpc) is 2.07. The van der Waals surface area contributed by atoms with Gasteiger partial charge < -0.3 is 9.84 Å². The van der Waals surface area contributed by atoms with Gasteiger partial charge in [0.1, 0.15) is 0 Å². The third-order valence-corrected chi connectivity index (χ3v) is 3.08. The van der Waals surface area contributed by atoms with E-state index in [0.717, 1.165) is 13.1 Å². The Morgan fingerprint density at radius 2 is 2.14 bits per heavy atom. The molecule has 4 nitrogen and oxygen atoms in total. The van der Waals surface area contributed by atoms with Gasteiger partial charge in [-0.3, -0.25) is 9.69 Å².